The third-order valence-corrected chi connectivity index (χ3v) is 4.42. The van der Waals surface area contributed by atoms with Crippen LogP contribution in [0.1, 0.15) is 17.5 Å². The summed E-state index contributed by atoms with van der Waals surface area (Å²) in [4.78, 5) is 25.6. The second-order valence-corrected chi connectivity index (χ2v) is 6.79. The van der Waals surface area contributed by atoms with Crippen LogP contribution in [0.4, 0.5) is 13.6 Å². The number of benzene rings is 2. The van der Waals surface area contributed by atoms with Gasteiger partial charge in [0.2, 0.25) is 5.91 Å². The average molecular weight is 435 g/mol. The smallest absolute Gasteiger partial charge is 0.387 e. The van der Waals surface area contributed by atoms with Crippen molar-refractivity contribution in [1.82, 2.24) is 15.5 Å². The summed E-state index contributed by atoms with van der Waals surface area (Å²) in [6.07, 6.45) is 0.564. The zero-order chi connectivity index (χ0) is 22.6. The first-order chi connectivity index (χ1) is 14.9. The average Bonchev–Trinajstić information content (AvgIpc) is 2.74. The van der Waals surface area contributed by atoms with E-state index >= 15 is 0 Å². The Bertz CT molecular complexity index is 850. The molecule has 0 saturated carbocycles. The van der Waals surface area contributed by atoms with Gasteiger partial charge in [-0.15, -0.1) is 0 Å². The molecule has 0 aliphatic carbocycles. The van der Waals surface area contributed by atoms with E-state index in [1.54, 1.807) is 13.1 Å². The predicted molar refractivity (Wildman–Crippen MR) is 112 cm³/mol. The van der Waals surface area contributed by atoms with Crippen LogP contribution in [0.25, 0.3) is 0 Å². The Morgan fingerprint density at radius 1 is 1.00 bits per heavy atom. The first-order valence-corrected chi connectivity index (χ1v) is 9.80. The number of hydrogen-bond donors (Lipinski definition) is 2. The van der Waals surface area contributed by atoms with Gasteiger partial charge in [0.15, 0.2) is 11.5 Å². The van der Waals surface area contributed by atoms with Crippen LogP contribution in [-0.2, 0) is 17.8 Å². The van der Waals surface area contributed by atoms with Crippen LogP contribution in [0.15, 0.2) is 48.5 Å². The molecule has 0 aliphatic rings. The van der Waals surface area contributed by atoms with Crippen LogP contribution >= 0.6 is 0 Å². The lowest BCUT2D eigenvalue weighted by atomic mass is 10.1. The Labute approximate surface area is 180 Å². The number of carbonyl (C=O) groups is 2. The summed E-state index contributed by atoms with van der Waals surface area (Å²) in [7, 11) is 3.05. The van der Waals surface area contributed by atoms with Gasteiger partial charge < -0.3 is 25.0 Å². The molecule has 0 aliphatic heterocycles. The molecule has 0 heterocycles. The Kier molecular flexibility index (Phi) is 9.54. The third kappa shape index (κ3) is 8.49. The van der Waals surface area contributed by atoms with Gasteiger partial charge in [0, 0.05) is 33.1 Å². The van der Waals surface area contributed by atoms with Gasteiger partial charge in [0.25, 0.3) is 0 Å². The summed E-state index contributed by atoms with van der Waals surface area (Å²) in [5.41, 5.74) is 1.73. The van der Waals surface area contributed by atoms with Crippen molar-refractivity contribution >= 4 is 11.9 Å². The fourth-order valence-electron chi connectivity index (χ4n) is 2.85. The SMILES string of the molecule is COc1ccc(CCNC(=O)CCNC(=O)N(C)Cc2ccccc2)cc1OC(F)F. The lowest BCUT2D eigenvalue weighted by Gasteiger charge is -2.18. The normalized spacial score (nSPS) is 10.5. The Morgan fingerprint density at radius 3 is 2.42 bits per heavy atom. The van der Waals surface area contributed by atoms with Gasteiger partial charge in [-0.25, -0.2) is 4.79 Å². The lowest BCUT2D eigenvalue weighted by molar-refractivity contribution is -0.120. The number of amides is 3. The molecule has 0 saturated heterocycles. The molecule has 31 heavy (non-hydrogen) atoms. The Hall–Kier alpha value is -3.36. The summed E-state index contributed by atoms with van der Waals surface area (Å²) >= 11 is 0. The van der Waals surface area contributed by atoms with Gasteiger partial charge in [-0.05, 0) is 29.7 Å². The molecule has 2 rings (SSSR count). The highest BCUT2D eigenvalue weighted by atomic mass is 19.3. The Morgan fingerprint density at radius 2 is 1.74 bits per heavy atom. The maximum atomic E-state index is 12.5. The van der Waals surface area contributed by atoms with Crippen molar-refractivity contribution in [3.05, 3.63) is 59.7 Å². The maximum Gasteiger partial charge on any atom is 0.387 e. The minimum Gasteiger partial charge on any atom is -0.493 e. The van der Waals surface area contributed by atoms with Crippen molar-refractivity contribution in [1.29, 1.82) is 0 Å². The molecule has 0 radical (unpaired) electrons. The first-order valence-electron chi connectivity index (χ1n) is 9.80. The molecule has 0 bridgehead atoms. The van der Waals surface area contributed by atoms with E-state index in [0.717, 1.165) is 5.56 Å². The van der Waals surface area contributed by atoms with Crippen LogP contribution in [0.2, 0.25) is 0 Å². The van der Waals surface area contributed by atoms with Gasteiger partial charge in [0.05, 0.1) is 7.11 Å². The molecule has 2 aromatic carbocycles. The molecule has 0 spiro atoms. The standard InChI is InChI=1S/C22H27F2N3O4/c1-27(15-17-6-4-3-5-7-17)22(29)26-13-11-20(28)25-12-10-16-8-9-18(30-2)19(14-16)31-21(23)24/h3-9,14,21H,10-13,15H2,1-2H3,(H,25,28)(H,26,29). The largest absolute Gasteiger partial charge is 0.493 e. The topological polar surface area (TPSA) is 79.9 Å². The van der Waals surface area contributed by atoms with Crippen molar-refractivity contribution in [2.45, 2.75) is 26.0 Å². The molecule has 2 N–H and O–H groups in total. The fourth-order valence-corrected chi connectivity index (χ4v) is 2.85. The molecule has 0 aromatic heterocycles. The quantitative estimate of drug-likeness (QED) is 0.568. The molecule has 0 unspecified atom stereocenters. The minimum absolute atomic E-state index is 0.0522. The minimum atomic E-state index is -2.95. The summed E-state index contributed by atoms with van der Waals surface area (Å²) < 4.78 is 34.4. The number of methoxy groups -OCH3 is 1. The highest BCUT2D eigenvalue weighted by Gasteiger charge is 2.12. The first kappa shape index (κ1) is 23.9. The molecule has 2 aromatic rings. The van der Waals surface area contributed by atoms with Crippen LogP contribution in [-0.4, -0.2) is 50.7 Å². The lowest BCUT2D eigenvalue weighted by Crippen LogP contribution is -2.39. The van der Waals surface area contributed by atoms with E-state index in [2.05, 4.69) is 15.4 Å². The summed E-state index contributed by atoms with van der Waals surface area (Å²) in [5, 5.41) is 5.44. The summed E-state index contributed by atoms with van der Waals surface area (Å²) in [6.45, 7) is -1.96. The van der Waals surface area contributed by atoms with Crippen LogP contribution in [0.5, 0.6) is 11.5 Å². The fraction of sp³-hybridized carbons (Fsp3) is 0.364. The van der Waals surface area contributed by atoms with E-state index in [1.807, 2.05) is 30.3 Å². The molecule has 9 heteroatoms. The van der Waals surface area contributed by atoms with Crippen molar-refractivity contribution < 1.29 is 27.8 Å². The number of halogens is 2. The molecule has 0 atom stereocenters. The second-order valence-electron chi connectivity index (χ2n) is 6.79. The van der Waals surface area contributed by atoms with E-state index in [9.17, 15) is 18.4 Å². The summed E-state index contributed by atoms with van der Waals surface area (Å²) in [5.74, 6) is -0.0618. The second kappa shape index (κ2) is 12.4. The molecule has 3 amide bonds. The zero-order valence-corrected chi connectivity index (χ0v) is 17.6. The molecular weight excluding hydrogens is 408 g/mol. The van der Waals surface area contributed by atoms with E-state index in [0.29, 0.717) is 25.1 Å². The molecule has 7 nitrogen and oxygen atoms in total. The number of urea groups is 1. The third-order valence-electron chi connectivity index (χ3n) is 4.42. The van der Waals surface area contributed by atoms with Crippen LogP contribution in [0.3, 0.4) is 0 Å². The van der Waals surface area contributed by atoms with E-state index in [1.165, 1.54) is 24.1 Å². The number of hydrogen-bond acceptors (Lipinski definition) is 4. The number of alkyl halides is 2. The van der Waals surface area contributed by atoms with Crippen molar-refractivity contribution in [3.63, 3.8) is 0 Å². The van der Waals surface area contributed by atoms with Crippen molar-refractivity contribution in [2.75, 3.05) is 27.2 Å². The van der Waals surface area contributed by atoms with Crippen LogP contribution in [0, 0.1) is 0 Å². The number of rotatable bonds is 11. The van der Waals surface area contributed by atoms with Gasteiger partial charge >= 0.3 is 12.6 Å². The van der Waals surface area contributed by atoms with Gasteiger partial charge in [0.1, 0.15) is 0 Å². The maximum absolute atomic E-state index is 12.5. The number of nitrogens with one attached hydrogen (secondary N) is 2. The van der Waals surface area contributed by atoms with Gasteiger partial charge in [-0.3, -0.25) is 4.79 Å². The van der Waals surface area contributed by atoms with Gasteiger partial charge in [-0.1, -0.05) is 36.4 Å². The van der Waals surface area contributed by atoms with Crippen molar-refractivity contribution in [3.8, 4) is 11.5 Å². The predicted octanol–water partition coefficient (Wildman–Crippen LogP) is 3.19. The number of nitrogens with zero attached hydrogens (tertiary/aromatic N) is 1. The highest BCUT2D eigenvalue weighted by molar-refractivity contribution is 5.78. The van der Waals surface area contributed by atoms with Crippen LogP contribution < -0.4 is 20.1 Å². The number of carbonyl (C=O) groups excluding carboxylic acids is 2. The zero-order valence-electron chi connectivity index (χ0n) is 17.6. The van der Waals surface area contributed by atoms with Crippen molar-refractivity contribution in [2.24, 2.45) is 0 Å². The number of ether oxygens (including phenoxy) is 2. The molecular formula is C22H27F2N3O4. The molecule has 168 valence electrons. The summed E-state index contributed by atoms with van der Waals surface area (Å²) in [6, 6.07) is 14.0. The van der Waals surface area contributed by atoms with E-state index in [-0.39, 0.29) is 36.4 Å². The van der Waals surface area contributed by atoms with E-state index < -0.39 is 6.61 Å². The van der Waals surface area contributed by atoms with E-state index in [4.69, 9.17) is 4.74 Å². The monoisotopic (exact) mass is 435 g/mol. The molecule has 0 fully saturated rings. The van der Waals surface area contributed by atoms with Gasteiger partial charge in [-0.2, -0.15) is 8.78 Å². The highest BCUT2D eigenvalue weighted by Crippen LogP contribution is 2.29. The Balaban J connectivity index is 1.68.